The van der Waals surface area contributed by atoms with E-state index in [0.29, 0.717) is 12.0 Å². The molecule has 1 atom stereocenters. The van der Waals surface area contributed by atoms with Gasteiger partial charge in [0.2, 0.25) is 5.91 Å². The number of nitro groups is 1. The third kappa shape index (κ3) is 3.53. The maximum Gasteiger partial charge on any atom is 0.272 e. The van der Waals surface area contributed by atoms with Crippen LogP contribution in [-0.4, -0.2) is 16.9 Å². The van der Waals surface area contributed by atoms with Crippen LogP contribution in [0, 0.1) is 17.0 Å². The molecule has 1 fully saturated rings. The van der Waals surface area contributed by atoms with Crippen LogP contribution in [0.1, 0.15) is 36.8 Å². The van der Waals surface area contributed by atoms with E-state index in [1.165, 1.54) is 0 Å². The number of nitrogens with zero attached hydrogens (tertiary/aromatic N) is 1. The lowest BCUT2D eigenvalue weighted by molar-refractivity contribution is -0.385. The van der Waals surface area contributed by atoms with Crippen molar-refractivity contribution in [2.24, 2.45) is 0 Å². The third-order valence-corrected chi connectivity index (χ3v) is 3.51. The highest BCUT2D eigenvalue weighted by Gasteiger charge is 2.18. The van der Waals surface area contributed by atoms with Crippen molar-refractivity contribution in [1.29, 1.82) is 0 Å². The van der Waals surface area contributed by atoms with E-state index in [4.69, 9.17) is 0 Å². The Hall–Kier alpha value is -1.91. The number of amides is 1. The van der Waals surface area contributed by atoms with Gasteiger partial charge in [-0.1, -0.05) is 12.5 Å². The van der Waals surface area contributed by atoms with Crippen molar-refractivity contribution < 1.29 is 9.72 Å². The molecule has 1 amide bonds. The summed E-state index contributed by atoms with van der Waals surface area (Å²) in [6.45, 7) is 1.74. The Morgan fingerprint density at radius 1 is 1.42 bits per heavy atom. The molecule has 0 saturated carbocycles. The van der Waals surface area contributed by atoms with Gasteiger partial charge in [-0.25, -0.2) is 0 Å². The molecule has 5 nitrogen and oxygen atoms in total. The number of aryl methyl sites for hydroxylation is 1. The van der Waals surface area contributed by atoms with Crippen LogP contribution in [0.25, 0.3) is 0 Å². The van der Waals surface area contributed by atoms with Gasteiger partial charge in [-0.2, -0.15) is 0 Å². The van der Waals surface area contributed by atoms with Crippen LogP contribution >= 0.6 is 0 Å². The molecule has 1 unspecified atom stereocenters. The van der Waals surface area contributed by atoms with Gasteiger partial charge in [-0.3, -0.25) is 14.9 Å². The molecule has 0 aliphatic carbocycles. The highest BCUT2D eigenvalue weighted by atomic mass is 16.6. The van der Waals surface area contributed by atoms with Crippen LogP contribution in [0.5, 0.6) is 0 Å². The molecule has 0 bridgehead atoms. The molecule has 1 heterocycles. The Balaban J connectivity index is 2.08. The second-order valence-corrected chi connectivity index (χ2v) is 5.09. The molecule has 1 aliphatic rings. The summed E-state index contributed by atoms with van der Waals surface area (Å²) < 4.78 is 0. The van der Waals surface area contributed by atoms with E-state index in [1.807, 2.05) is 6.07 Å². The van der Waals surface area contributed by atoms with Crippen LogP contribution in [0.15, 0.2) is 18.2 Å². The quantitative estimate of drug-likeness (QED) is 0.672. The molecule has 0 aromatic heterocycles. The number of nitro benzene ring substituents is 1. The van der Waals surface area contributed by atoms with Gasteiger partial charge < -0.3 is 5.32 Å². The normalized spacial score (nSPS) is 19.6. The Bertz CT molecular complexity index is 499. The molecule has 1 saturated heterocycles. The average molecular weight is 262 g/mol. The van der Waals surface area contributed by atoms with Crippen molar-refractivity contribution in [3.05, 3.63) is 39.4 Å². The van der Waals surface area contributed by atoms with E-state index in [-0.39, 0.29) is 22.6 Å². The molecule has 0 radical (unpaired) electrons. The van der Waals surface area contributed by atoms with E-state index in [9.17, 15) is 14.9 Å². The van der Waals surface area contributed by atoms with Crippen molar-refractivity contribution in [3.8, 4) is 0 Å². The predicted molar refractivity (Wildman–Crippen MR) is 71.9 cm³/mol. The highest BCUT2D eigenvalue weighted by Crippen LogP contribution is 2.21. The maximum absolute atomic E-state index is 11.5. The molecule has 2 rings (SSSR count). The minimum absolute atomic E-state index is 0.112. The molecule has 1 N–H and O–H groups in total. The smallest absolute Gasteiger partial charge is 0.272 e. The minimum Gasteiger partial charge on any atom is -0.353 e. The number of nitrogens with one attached hydrogen (secondary N) is 1. The van der Waals surface area contributed by atoms with Gasteiger partial charge >= 0.3 is 0 Å². The van der Waals surface area contributed by atoms with E-state index < -0.39 is 0 Å². The number of hydrogen-bond donors (Lipinski definition) is 1. The zero-order chi connectivity index (χ0) is 13.8. The SMILES string of the molecule is Cc1cc(CC2CCCCC(=O)N2)ccc1[N+](=O)[O-]. The fourth-order valence-electron chi connectivity index (χ4n) is 2.54. The van der Waals surface area contributed by atoms with E-state index in [1.54, 1.807) is 19.1 Å². The van der Waals surface area contributed by atoms with Crippen molar-refractivity contribution in [2.45, 2.75) is 45.1 Å². The predicted octanol–water partition coefficient (Wildman–Crippen LogP) is 2.50. The molecule has 0 spiro atoms. The van der Waals surface area contributed by atoms with Crippen LogP contribution < -0.4 is 5.32 Å². The van der Waals surface area contributed by atoms with Crippen LogP contribution in [0.2, 0.25) is 0 Å². The average Bonchev–Trinajstić information content (AvgIpc) is 2.53. The Morgan fingerprint density at radius 2 is 2.21 bits per heavy atom. The molecule has 1 aromatic carbocycles. The Morgan fingerprint density at radius 3 is 2.89 bits per heavy atom. The first kappa shape index (κ1) is 13.5. The van der Waals surface area contributed by atoms with Crippen molar-refractivity contribution in [3.63, 3.8) is 0 Å². The summed E-state index contributed by atoms with van der Waals surface area (Å²) in [4.78, 5) is 21.9. The second kappa shape index (κ2) is 5.82. The topological polar surface area (TPSA) is 72.2 Å². The molecule has 1 aromatic rings. The van der Waals surface area contributed by atoms with E-state index in [0.717, 1.165) is 31.2 Å². The fourth-order valence-corrected chi connectivity index (χ4v) is 2.54. The zero-order valence-corrected chi connectivity index (χ0v) is 11.0. The highest BCUT2D eigenvalue weighted by molar-refractivity contribution is 5.76. The summed E-state index contributed by atoms with van der Waals surface area (Å²) >= 11 is 0. The summed E-state index contributed by atoms with van der Waals surface area (Å²) in [6.07, 6.45) is 4.32. The standard InChI is InChI=1S/C14H18N2O3/c1-10-8-11(6-7-13(10)16(18)19)9-12-4-2-3-5-14(17)15-12/h6-8,12H,2-5,9H2,1H3,(H,15,17). The monoisotopic (exact) mass is 262 g/mol. The Kier molecular flexibility index (Phi) is 4.14. The maximum atomic E-state index is 11.5. The van der Waals surface area contributed by atoms with Crippen molar-refractivity contribution in [1.82, 2.24) is 5.32 Å². The first-order chi connectivity index (χ1) is 9.06. The van der Waals surface area contributed by atoms with Gasteiger partial charge in [-0.05, 0) is 37.8 Å². The minimum atomic E-state index is -0.369. The molecule has 19 heavy (non-hydrogen) atoms. The lowest BCUT2D eigenvalue weighted by Gasteiger charge is -2.16. The number of hydrogen-bond acceptors (Lipinski definition) is 3. The lowest BCUT2D eigenvalue weighted by atomic mass is 10.00. The summed E-state index contributed by atoms with van der Waals surface area (Å²) in [5.74, 6) is 0.112. The molecule has 102 valence electrons. The summed E-state index contributed by atoms with van der Waals surface area (Å²) in [7, 11) is 0. The van der Waals surface area contributed by atoms with Crippen LogP contribution in [-0.2, 0) is 11.2 Å². The number of carbonyl (C=O) groups is 1. The number of carbonyl (C=O) groups excluding carboxylic acids is 1. The summed E-state index contributed by atoms with van der Waals surface area (Å²) in [5, 5.41) is 13.8. The van der Waals surface area contributed by atoms with Gasteiger partial charge in [0.05, 0.1) is 4.92 Å². The van der Waals surface area contributed by atoms with Gasteiger partial charge in [-0.15, -0.1) is 0 Å². The Labute approximate surface area is 112 Å². The van der Waals surface area contributed by atoms with E-state index >= 15 is 0 Å². The first-order valence-electron chi connectivity index (χ1n) is 6.59. The zero-order valence-electron chi connectivity index (χ0n) is 11.0. The van der Waals surface area contributed by atoms with Crippen molar-refractivity contribution in [2.75, 3.05) is 0 Å². The second-order valence-electron chi connectivity index (χ2n) is 5.09. The van der Waals surface area contributed by atoms with E-state index in [2.05, 4.69) is 5.32 Å². The van der Waals surface area contributed by atoms with Gasteiger partial charge in [0.25, 0.3) is 5.69 Å². The van der Waals surface area contributed by atoms with Gasteiger partial charge in [0.15, 0.2) is 0 Å². The molecule has 5 heteroatoms. The summed E-state index contributed by atoms with van der Waals surface area (Å²) in [6, 6.07) is 5.32. The van der Waals surface area contributed by atoms with Crippen LogP contribution in [0.3, 0.4) is 0 Å². The lowest BCUT2D eigenvalue weighted by Crippen LogP contribution is -2.34. The van der Waals surface area contributed by atoms with Crippen molar-refractivity contribution >= 4 is 11.6 Å². The molecular weight excluding hydrogens is 244 g/mol. The van der Waals surface area contributed by atoms with Gasteiger partial charge in [0, 0.05) is 24.1 Å². The fraction of sp³-hybridized carbons (Fsp3) is 0.500. The largest absolute Gasteiger partial charge is 0.353 e. The number of benzene rings is 1. The molecule has 1 aliphatic heterocycles. The molecular formula is C14H18N2O3. The van der Waals surface area contributed by atoms with Gasteiger partial charge in [0.1, 0.15) is 0 Å². The van der Waals surface area contributed by atoms with Crippen LogP contribution in [0.4, 0.5) is 5.69 Å². The number of rotatable bonds is 3. The first-order valence-corrected chi connectivity index (χ1v) is 6.59. The summed E-state index contributed by atoms with van der Waals surface area (Å²) in [5.41, 5.74) is 1.85. The third-order valence-electron chi connectivity index (χ3n) is 3.51.